The van der Waals surface area contributed by atoms with Gasteiger partial charge >= 0.3 is 5.97 Å². The number of carboxylic acid groups (broad SMARTS) is 1. The van der Waals surface area contributed by atoms with Gasteiger partial charge in [0, 0.05) is 12.1 Å². The second kappa shape index (κ2) is 6.64. The van der Waals surface area contributed by atoms with Gasteiger partial charge in [0.2, 0.25) is 10.0 Å². The SMILES string of the molecule is CCC(CC(=O)O)NS(=O)(=O)c1c(C)cccc1[N+](=O)[O-]. The lowest BCUT2D eigenvalue weighted by molar-refractivity contribution is -0.387. The molecule has 0 aliphatic heterocycles. The summed E-state index contributed by atoms with van der Waals surface area (Å²) in [6.07, 6.45) is -0.138. The summed E-state index contributed by atoms with van der Waals surface area (Å²) in [6, 6.07) is 3.10. The molecule has 1 rings (SSSR count). The number of rotatable bonds is 7. The van der Waals surface area contributed by atoms with Gasteiger partial charge in [0.25, 0.3) is 5.69 Å². The Balaban J connectivity index is 3.25. The average molecular weight is 316 g/mol. The smallest absolute Gasteiger partial charge is 0.304 e. The molecule has 1 aromatic rings. The number of carboxylic acids is 1. The van der Waals surface area contributed by atoms with E-state index in [4.69, 9.17) is 5.11 Å². The first-order valence-corrected chi connectivity index (χ1v) is 7.65. The molecule has 8 nitrogen and oxygen atoms in total. The van der Waals surface area contributed by atoms with Gasteiger partial charge in [-0.3, -0.25) is 14.9 Å². The maximum atomic E-state index is 12.3. The zero-order valence-corrected chi connectivity index (χ0v) is 12.4. The number of nitro benzene ring substituents is 1. The molecule has 0 spiro atoms. The van der Waals surface area contributed by atoms with Gasteiger partial charge in [-0.05, 0) is 18.9 Å². The number of aliphatic carboxylic acids is 1. The Bertz CT molecular complexity index is 656. The number of hydrogen-bond acceptors (Lipinski definition) is 5. The van der Waals surface area contributed by atoms with Gasteiger partial charge in [0.05, 0.1) is 11.3 Å². The summed E-state index contributed by atoms with van der Waals surface area (Å²) in [5.74, 6) is -1.15. The van der Waals surface area contributed by atoms with Gasteiger partial charge in [0.1, 0.15) is 0 Å². The quantitative estimate of drug-likeness (QED) is 0.579. The van der Waals surface area contributed by atoms with Crippen LogP contribution in [0.1, 0.15) is 25.3 Å². The van der Waals surface area contributed by atoms with Crippen molar-refractivity contribution in [3.05, 3.63) is 33.9 Å². The largest absolute Gasteiger partial charge is 0.481 e. The molecule has 116 valence electrons. The van der Waals surface area contributed by atoms with E-state index in [1.54, 1.807) is 6.92 Å². The molecule has 0 bridgehead atoms. The molecule has 1 atom stereocenters. The minimum atomic E-state index is -4.18. The highest BCUT2D eigenvalue weighted by Gasteiger charge is 2.30. The first-order valence-electron chi connectivity index (χ1n) is 6.17. The lowest BCUT2D eigenvalue weighted by atomic mass is 10.2. The fourth-order valence-electron chi connectivity index (χ4n) is 1.89. The Morgan fingerprint density at radius 2 is 2.10 bits per heavy atom. The number of aryl methyl sites for hydroxylation is 1. The maximum Gasteiger partial charge on any atom is 0.304 e. The predicted octanol–water partition coefficient (Wildman–Crippen LogP) is 1.43. The number of benzene rings is 1. The zero-order chi connectivity index (χ0) is 16.2. The van der Waals surface area contributed by atoms with E-state index in [9.17, 15) is 23.3 Å². The summed E-state index contributed by atoms with van der Waals surface area (Å²) >= 11 is 0. The van der Waals surface area contributed by atoms with Gasteiger partial charge in [-0.25, -0.2) is 13.1 Å². The molecule has 0 saturated carbocycles. The lowest BCUT2D eigenvalue weighted by Gasteiger charge is -2.16. The van der Waals surface area contributed by atoms with Crippen LogP contribution in [0.3, 0.4) is 0 Å². The van der Waals surface area contributed by atoms with Crippen molar-refractivity contribution in [2.45, 2.75) is 37.6 Å². The molecule has 2 N–H and O–H groups in total. The summed E-state index contributed by atoms with van der Waals surface area (Å²) in [7, 11) is -4.18. The molecule has 0 fully saturated rings. The molecule has 1 unspecified atom stereocenters. The summed E-state index contributed by atoms with van der Waals surface area (Å²) in [6.45, 7) is 3.07. The van der Waals surface area contributed by atoms with Crippen molar-refractivity contribution >= 4 is 21.7 Å². The standard InChI is InChI=1S/C12H16N2O6S/c1-3-9(7-11(15)16)13-21(19,20)12-8(2)5-4-6-10(12)14(17)18/h4-6,9,13H,3,7H2,1-2H3,(H,15,16). The first kappa shape index (κ1) is 17.1. The minimum absolute atomic E-state index is 0.224. The van der Waals surface area contributed by atoms with Crippen LogP contribution in [0.2, 0.25) is 0 Å². The van der Waals surface area contributed by atoms with Crippen molar-refractivity contribution in [3.63, 3.8) is 0 Å². The van der Waals surface area contributed by atoms with Crippen molar-refractivity contribution in [1.82, 2.24) is 4.72 Å². The van der Waals surface area contributed by atoms with Gasteiger partial charge in [-0.2, -0.15) is 0 Å². The number of nitro groups is 1. The molecule has 1 aromatic carbocycles. The molecular weight excluding hydrogens is 300 g/mol. The van der Waals surface area contributed by atoms with Crippen LogP contribution in [0, 0.1) is 17.0 Å². The summed E-state index contributed by atoms with van der Waals surface area (Å²) in [5.41, 5.74) is -0.311. The molecule has 0 saturated heterocycles. The second-order valence-electron chi connectivity index (χ2n) is 4.50. The summed E-state index contributed by atoms with van der Waals surface area (Å²) in [4.78, 5) is 20.5. The van der Waals surface area contributed by atoms with Crippen molar-refractivity contribution in [1.29, 1.82) is 0 Å². The van der Waals surface area contributed by atoms with Crippen LogP contribution in [-0.4, -0.2) is 30.5 Å². The number of sulfonamides is 1. The van der Waals surface area contributed by atoms with Crippen molar-refractivity contribution in [2.24, 2.45) is 0 Å². The molecule has 0 aromatic heterocycles. The highest BCUT2D eigenvalue weighted by atomic mass is 32.2. The predicted molar refractivity (Wildman–Crippen MR) is 74.5 cm³/mol. The summed E-state index contributed by atoms with van der Waals surface area (Å²) in [5, 5.41) is 19.7. The molecule has 9 heteroatoms. The van der Waals surface area contributed by atoms with E-state index in [1.807, 2.05) is 0 Å². The minimum Gasteiger partial charge on any atom is -0.481 e. The molecule has 0 amide bonds. The molecule has 21 heavy (non-hydrogen) atoms. The van der Waals surface area contributed by atoms with E-state index in [-0.39, 0.29) is 12.0 Å². The normalized spacial score (nSPS) is 12.9. The molecule has 0 radical (unpaired) electrons. The van der Waals surface area contributed by atoms with Gasteiger partial charge in [-0.15, -0.1) is 0 Å². The Morgan fingerprint density at radius 3 is 2.57 bits per heavy atom. The van der Waals surface area contributed by atoms with Crippen LogP contribution in [0.5, 0.6) is 0 Å². The number of carbonyl (C=O) groups is 1. The number of hydrogen-bond donors (Lipinski definition) is 2. The highest BCUT2D eigenvalue weighted by Crippen LogP contribution is 2.27. The third kappa shape index (κ3) is 4.23. The van der Waals surface area contributed by atoms with Crippen LogP contribution >= 0.6 is 0 Å². The van der Waals surface area contributed by atoms with Crippen molar-refractivity contribution < 1.29 is 23.2 Å². The van der Waals surface area contributed by atoms with Gasteiger partial charge in [-0.1, -0.05) is 19.1 Å². The van der Waals surface area contributed by atoms with Crippen molar-refractivity contribution in [3.8, 4) is 0 Å². The van der Waals surface area contributed by atoms with E-state index in [1.165, 1.54) is 19.1 Å². The molecule has 0 heterocycles. The fourth-order valence-corrected chi connectivity index (χ4v) is 3.61. The van der Waals surface area contributed by atoms with E-state index in [2.05, 4.69) is 4.72 Å². The maximum absolute atomic E-state index is 12.3. The monoisotopic (exact) mass is 316 g/mol. The van der Waals surface area contributed by atoms with E-state index < -0.39 is 44.0 Å². The van der Waals surface area contributed by atoms with E-state index in [0.717, 1.165) is 6.07 Å². The number of nitrogens with zero attached hydrogens (tertiary/aromatic N) is 1. The lowest BCUT2D eigenvalue weighted by Crippen LogP contribution is -2.36. The van der Waals surface area contributed by atoms with Gasteiger partial charge in [0.15, 0.2) is 4.90 Å². The Hall–Kier alpha value is -2.00. The van der Waals surface area contributed by atoms with E-state index in [0.29, 0.717) is 0 Å². The first-order chi connectivity index (χ1) is 9.69. The van der Waals surface area contributed by atoms with Crippen LogP contribution in [0.4, 0.5) is 5.69 Å². The van der Waals surface area contributed by atoms with E-state index >= 15 is 0 Å². The zero-order valence-electron chi connectivity index (χ0n) is 11.6. The molecule has 0 aliphatic carbocycles. The topological polar surface area (TPSA) is 127 Å². The van der Waals surface area contributed by atoms with Gasteiger partial charge < -0.3 is 5.11 Å². The Labute approximate surface area is 122 Å². The average Bonchev–Trinajstić information content (AvgIpc) is 2.36. The third-order valence-electron chi connectivity index (χ3n) is 2.89. The Morgan fingerprint density at radius 1 is 1.48 bits per heavy atom. The third-order valence-corrected chi connectivity index (χ3v) is 4.60. The fraction of sp³-hybridized carbons (Fsp3) is 0.417. The van der Waals surface area contributed by atoms with Crippen LogP contribution in [-0.2, 0) is 14.8 Å². The molecular formula is C12H16N2O6S. The highest BCUT2D eigenvalue weighted by molar-refractivity contribution is 7.89. The summed E-state index contributed by atoms with van der Waals surface area (Å²) < 4.78 is 26.9. The molecule has 0 aliphatic rings. The Kier molecular flexibility index (Phi) is 5.39. The van der Waals surface area contributed by atoms with Crippen LogP contribution in [0.25, 0.3) is 0 Å². The van der Waals surface area contributed by atoms with Crippen LogP contribution < -0.4 is 4.72 Å². The van der Waals surface area contributed by atoms with Crippen molar-refractivity contribution in [2.75, 3.05) is 0 Å². The number of nitrogens with one attached hydrogen (secondary N) is 1. The van der Waals surface area contributed by atoms with Crippen LogP contribution in [0.15, 0.2) is 23.1 Å². The second-order valence-corrected chi connectivity index (χ2v) is 6.16.